The van der Waals surface area contributed by atoms with Crippen molar-refractivity contribution < 1.29 is 9.59 Å². The number of hydrogen-bond donors (Lipinski definition) is 2. The lowest BCUT2D eigenvalue weighted by Gasteiger charge is -2.24. The fourth-order valence-corrected chi connectivity index (χ4v) is 2.41. The molecule has 0 radical (unpaired) electrons. The quantitative estimate of drug-likeness (QED) is 0.851. The molecule has 6 heteroatoms. The molecule has 116 valence electrons. The van der Waals surface area contributed by atoms with Crippen molar-refractivity contribution >= 4 is 24.2 Å². The van der Waals surface area contributed by atoms with Crippen LogP contribution in [0.4, 0.5) is 0 Å². The Morgan fingerprint density at radius 3 is 2.67 bits per heavy atom. The van der Waals surface area contributed by atoms with Crippen molar-refractivity contribution in [3.63, 3.8) is 0 Å². The van der Waals surface area contributed by atoms with Crippen LogP contribution in [-0.4, -0.2) is 35.8 Å². The molecule has 0 bridgehead atoms. The van der Waals surface area contributed by atoms with Crippen LogP contribution in [0.25, 0.3) is 0 Å². The van der Waals surface area contributed by atoms with Crippen LogP contribution in [0.15, 0.2) is 24.3 Å². The number of benzene rings is 1. The van der Waals surface area contributed by atoms with Crippen molar-refractivity contribution in [2.24, 2.45) is 5.73 Å². The highest BCUT2D eigenvalue weighted by Crippen LogP contribution is 2.21. The second-order valence-corrected chi connectivity index (χ2v) is 5.14. The van der Waals surface area contributed by atoms with E-state index in [1.54, 1.807) is 4.90 Å². The summed E-state index contributed by atoms with van der Waals surface area (Å²) >= 11 is 0. The van der Waals surface area contributed by atoms with Crippen LogP contribution in [0.3, 0.4) is 0 Å². The maximum absolute atomic E-state index is 12.0. The number of rotatable bonds is 5. The molecule has 1 aromatic carbocycles. The Hall–Kier alpha value is -1.59. The van der Waals surface area contributed by atoms with E-state index < -0.39 is 0 Å². The third kappa shape index (κ3) is 4.44. The zero-order chi connectivity index (χ0) is 14.5. The van der Waals surface area contributed by atoms with E-state index >= 15 is 0 Å². The standard InChI is InChI=1S/C15H21N3O2.ClH/c1-11-2-4-12(5-3-11)10-18-13(6-7-14(18)19)15(20)17-9-8-16;/h2-5,13H,6-10,16H2,1H3,(H,17,20);1H. The van der Waals surface area contributed by atoms with Crippen LogP contribution in [-0.2, 0) is 16.1 Å². The van der Waals surface area contributed by atoms with Gasteiger partial charge in [-0.25, -0.2) is 0 Å². The number of nitrogens with zero attached hydrogens (tertiary/aromatic N) is 1. The van der Waals surface area contributed by atoms with Gasteiger partial charge in [0.2, 0.25) is 11.8 Å². The molecule has 0 aliphatic carbocycles. The summed E-state index contributed by atoms with van der Waals surface area (Å²) in [5.74, 6) is -0.0631. The van der Waals surface area contributed by atoms with Gasteiger partial charge in [0.25, 0.3) is 0 Å². The minimum Gasteiger partial charge on any atom is -0.353 e. The Morgan fingerprint density at radius 2 is 2.05 bits per heavy atom. The summed E-state index contributed by atoms with van der Waals surface area (Å²) in [6.45, 7) is 3.36. The highest BCUT2D eigenvalue weighted by molar-refractivity contribution is 5.90. The molecule has 1 fully saturated rings. The molecule has 3 N–H and O–H groups in total. The van der Waals surface area contributed by atoms with Gasteiger partial charge in [-0.2, -0.15) is 0 Å². The number of nitrogens with two attached hydrogens (primary N) is 1. The number of hydrogen-bond acceptors (Lipinski definition) is 3. The number of likely N-dealkylation sites (tertiary alicyclic amines) is 1. The third-order valence-electron chi connectivity index (χ3n) is 3.55. The van der Waals surface area contributed by atoms with E-state index in [0.29, 0.717) is 32.5 Å². The molecular weight excluding hydrogens is 290 g/mol. The van der Waals surface area contributed by atoms with E-state index in [0.717, 1.165) is 5.56 Å². The Kier molecular flexibility index (Phi) is 6.65. The minimum absolute atomic E-state index is 0. The SMILES string of the molecule is Cc1ccc(CN2C(=O)CCC2C(=O)NCCN)cc1.Cl. The predicted octanol–water partition coefficient (Wildman–Crippen LogP) is 0.983. The highest BCUT2D eigenvalue weighted by atomic mass is 35.5. The maximum atomic E-state index is 12.0. The van der Waals surface area contributed by atoms with E-state index in [9.17, 15) is 9.59 Å². The fraction of sp³-hybridized carbons (Fsp3) is 0.467. The minimum atomic E-state index is -0.365. The van der Waals surface area contributed by atoms with Gasteiger partial charge in [-0.15, -0.1) is 12.4 Å². The molecule has 2 amide bonds. The van der Waals surface area contributed by atoms with Gasteiger partial charge in [-0.1, -0.05) is 29.8 Å². The first kappa shape index (κ1) is 17.5. The molecule has 0 spiro atoms. The second kappa shape index (κ2) is 8.00. The van der Waals surface area contributed by atoms with Gasteiger partial charge >= 0.3 is 0 Å². The van der Waals surface area contributed by atoms with Crippen molar-refractivity contribution in [2.75, 3.05) is 13.1 Å². The van der Waals surface area contributed by atoms with E-state index in [2.05, 4.69) is 5.32 Å². The molecular formula is C15H22ClN3O2. The molecule has 1 heterocycles. The van der Waals surface area contributed by atoms with Crippen molar-refractivity contribution in [3.05, 3.63) is 35.4 Å². The van der Waals surface area contributed by atoms with Gasteiger partial charge in [-0.3, -0.25) is 9.59 Å². The summed E-state index contributed by atoms with van der Waals surface area (Å²) in [6, 6.07) is 7.65. The van der Waals surface area contributed by atoms with Gasteiger partial charge in [0.1, 0.15) is 6.04 Å². The Balaban J connectivity index is 0.00000220. The van der Waals surface area contributed by atoms with E-state index in [1.807, 2.05) is 31.2 Å². The number of carbonyl (C=O) groups excluding carboxylic acids is 2. The second-order valence-electron chi connectivity index (χ2n) is 5.14. The lowest BCUT2D eigenvalue weighted by molar-refractivity contribution is -0.135. The molecule has 5 nitrogen and oxygen atoms in total. The van der Waals surface area contributed by atoms with Crippen LogP contribution in [0.5, 0.6) is 0 Å². The molecule has 1 atom stereocenters. The number of amides is 2. The average Bonchev–Trinajstić information content (AvgIpc) is 2.80. The first-order valence-electron chi connectivity index (χ1n) is 6.94. The fourth-order valence-electron chi connectivity index (χ4n) is 2.41. The third-order valence-corrected chi connectivity index (χ3v) is 3.55. The Morgan fingerprint density at radius 1 is 1.38 bits per heavy atom. The lowest BCUT2D eigenvalue weighted by atomic mass is 10.1. The molecule has 0 saturated carbocycles. The summed E-state index contributed by atoms with van der Waals surface area (Å²) < 4.78 is 0. The molecule has 2 rings (SSSR count). The predicted molar refractivity (Wildman–Crippen MR) is 84.1 cm³/mol. The number of nitrogens with one attached hydrogen (secondary N) is 1. The zero-order valence-corrected chi connectivity index (χ0v) is 13.0. The number of halogens is 1. The number of aryl methyl sites for hydroxylation is 1. The zero-order valence-electron chi connectivity index (χ0n) is 12.2. The van der Waals surface area contributed by atoms with Crippen LogP contribution >= 0.6 is 12.4 Å². The van der Waals surface area contributed by atoms with E-state index in [4.69, 9.17) is 5.73 Å². The normalized spacial score (nSPS) is 17.5. The summed E-state index contributed by atoms with van der Waals surface area (Å²) in [4.78, 5) is 25.7. The smallest absolute Gasteiger partial charge is 0.242 e. The summed E-state index contributed by atoms with van der Waals surface area (Å²) in [6.07, 6.45) is 1.02. The van der Waals surface area contributed by atoms with Crippen LogP contribution < -0.4 is 11.1 Å². The maximum Gasteiger partial charge on any atom is 0.242 e. The van der Waals surface area contributed by atoms with Crippen molar-refractivity contribution in [3.8, 4) is 0 Å². The first-order valence-corrected chi connectivity index (χ1v) is 6.94. The largest absolute Gasteiger partial charge is 0.353 e. The van der Waals surface area contributed by atoms with Gasteiger partial charge in [0.05, 0.1) is 0 Å². The average molecular weight is 312 g/mol. The van der Waals surface area contributed by atoms with Crippen molar-refractivity contribution in [1.29, 1.82) is 0 Å². The van der Waals surface area contributed by atoms with Gasteiger partial charge < -0.3 is 16.0 Å². The summed E-state index contributed by atoms with van der Waals surface area (Å²) in [5, 5.41) is 2.76. The molecule has 1 aromatic rings. The van der Waals surface area contributed by atoms with Crippen molar-refractivity contribution in [2.45, 2.75) is 32.4 Å². The summed E-state index contributed by atoms with van der Waals surface area (Å²) in [5.41, 5.74) is 7.60. The van der Waals surface area contributed by atoms with Gasteiger partial charge in [0.15, 0.2) is 0 Å². The van der Waals surface area contributed by atoms with Gasteiger partial charge in [0, 0.05) is 26.1 Å². The molecule has 1 aliphatic heterocycles. The van der Waals surface area contributed by atoms with Gasteiger partial charge in [-0.05, 0) is 18.9 Å². The Bertz CT molecular complexity index is 490. The molecule has 0 aromatic heterocycles. The molecule has 1 aliphatic rings. The molecule has 1 saturated heterocycles. The van der Waals surface area contributed by atoms with Crippen LogP contribution in [0.2, 0.25) is 0 Å². The Labute approximate surface area is 131 Å². The summed E-state index contributed by atoms with van der Waals surface area (Å²) in [7, 11) is 0. The number of carbonyl (C=O) groups is 2. The monoisotopic (exact) mass is 311 g/mol. The molecule has 21 heavy (non-hydrogen) atoms. The van der Waals surface area contributed by atoms with E-state index in [-0.39, 0.29) is 30.3 Å². The van der Waals surface area contributed by atoms with Crippen molar-refractivity contribution in [1.82, 2.24) is 10.2 Å². The van der Waals surface area contributed by atoms with E-state index in [1.165, 1.54) is 5.56 Å². The first-order chi connectivity index (χ1) is 9.61. The van der Waals surface area contributed by atoms with Crippen LogP contribution in [0.1, 0.15) is 24.0 Å². The lowest BCUT2D eigenvalue weighted by Crippen LogP contribution is -2.45. The molecule has 1 unspecified atom stereocenters. The van der Waals surface area contributed by atoms with Crippen LogP contribution in [0, 0.1) is 6.92 Å². The topological polar surface area (TPSA) is 75.4 Å². The highest BCUT2D eigenvalue weighted by Gasteiger charge is 2.35.